The number of carbonyl (C=O) groups is 2. The second-order valence-electron chi connectivity index (χ2n) is 7.24. The fourth-order valence-corrected chi connectivity index (χ4v) is 4.11. The summed E-state index contributed by atoms with van der Waals surface area (Å²) in [6.07, 6.45) is 8.58. The fraction of sp³-hybridized carbons (Fsp3) is 0.632. The lowest BCUT2D eigenvalue weighted by Gasteiger charge is -2.38. The highest BCUT2D eigenvalue weighted by Crippen LogP contribution is 2.42. The van der Waals surface area contributed by atoms with Gasteiger partial charge < -0.3 is 9.84 Å². The Bertz CT molecular complexity index is 560. The predicted octanol–water partition coefficient (Wildman–Crippen LogP) is 2.76. The summed E-state index contributed by atoms with van der Waals surface area (Å²) in [5.41, 5.74) is 2.42. The molecule has 3 aliphatic rings. The molecule has 1 aliphatic heterocycles. The number of rotatable bonds is 3. The summed E-state index contributed by atoms with van der Waals surface area (Å²) in [6.45, 7) is 4.09. The molecule has 0 aromatic rings. The van der Waals surface area contributed by atoms with Gasteiger partial charge >= 0.3 is 5.97 Å². The number of allylic oxidation sites excluding steroid dienone is 4. The number of ketones is 1. The average Bonchev–Trinajstić information content (AvgIpc) is 2.47. The third kappa shape index (κ3) is 3.57. The van der Waals surface area contributed by atoms with Gasteiger partial charge in [-0.15, -0.1) is 0 Å². The first kappa shape index (κ1) is 16.4. The largest absolute Gasteiger partial charge is 0.462 e. The molecule has 23 heavy (non-hydrogen) atoms. The molecule has 4 heteroatoms. The van der Waals surface area contributed by atoms with Crippen molar-refractivity contribution < 1.29 is 19.4 Å². The number of hydrogen-bond donors (Lipinski definition) is 1. The lowest BCUT2D eigenvalue weighted by atomic mass is 9.66. The predicted molar refractivity (Wildman–Crippen MR) is 86.3 cm³/mol. The first-order valence-electron chi connectivity index (χ1n) is 8.57. The summed E-state index contributed by atoms with van der Waals surface area (Å²) in [5, 5.41) is 9.72. The molecule has 0 aromatic heterocycles. The van der Waals surface area contributed by atoms with Crippen molar-refractivity contribution in [2.45, 2.75) is 58.2 Å². The Hall–Kier alpha value is -1.42. The summed E-state index contributed by atoms with van der Waals surface area (Å²) in [6, 6.07) is 0. The smallest absolute Gasteiger partial charge is 0.308 e. The van der Waals surface area contributed by atoms with E-state index in [2.05, 4.69) is 19.4 Å². The highest BCUT2D eigenvalue weighted by molar-refractivity contribution is 5.94. The van der Waals surface area contributed by atoms with Crippen LogP contribution in [-0.2, 0) is 14.3 Å². The third-order valence-corrected chi connectivity index (χ3v) is 5.41. The minimum atomic E-state index is -0.589. The summed E-state index contributed by atoms with van der Waals surface area (Å²) < 4.78 is 5.34. The van der Waals surface area contributed by atoms with E-state index in [1.54, 1.807) is 6.08 Å². The molecule has 1 radical (unpaired) electrons. The second-order valence-corrected chi connectivity index (χ2v) is 7.24. The Balaban J connectivity index is 1.68. The molecule has 0 amide bonds. The van der Waals surface area contributed by atoms with E-state index in [0.29, 0.717) is 18.8 Å². The van der Waals surface area contributed by atoms with Gasteiger partial charge in [0.1, 0.15) is 6.10 Å². The van der Waals surface area contributed by atoms with Gasteiger partial charge in [-0.2, -0.15) is 0 Å². The minimum absolute atomic E-state index is 0.00368. The Morgan fingerprint density at radius 1 is 1.26 bits per heavy atom. The van der Waals surface area contributed by atoms with Crippen LogP contribution >= 0.6 is 0 Å². The number of fused-ring (bicyclic) bond motifs is 1. The first-order valence-corrected chi connectivity index (χ1v) is 8.57. The number of aliphatic hydroxyl groups excluding tert-OH is 1. The quantitative estimate of drug-likeness (QED) is 0.813. The van der Waals surface area contributed by atoms with Gasteiger partial charge in [0.15, 0.2) is 5.78 Å². The van der Waals surface area contributed by atoms with Gasteiger partial charge in [-0.3, -0.25) is 9.59 Å². The van der Waals surface area contributed by atoms with Crippen molar-refractivity contribution in [3.8, 4) is 0 Å². The van der Waals surface area contributed by atoms with E-state index in [4.69, 9.17) is 4.74 Å². The van der Waals surface area contributed by atoms with Crippen molar-refractivity contribution in [3.63, 3.8) is 0 Å². The first-order chi connectivity index (χ1) is 10.9. The maximum Gasteiger partial charge on any atom is 0.308 e. The van der Waals surface area contributed by atoms with Gasteiger partial charge in [-0.1, -0.05) is 18.6 Å². The van der Waals surface area contributed by atoms with E-state index in [0.717, 1.165) is 18.4 Å². The Morgan fingerprint density at radius 2 is 2.04 bits per heavy atom. The van der Waals surface area contributed by atoms with Crippen LogP contribution in [0.4, 0.5) is 0 Å². The van der Waals surface area contributed by atoms with Gasteiger partial charge in [0.05, 0.1) is 12.5 Å². The van der Waals surface area contributed by atoms with E-state index in [1.807, 2.05) is 6.92 Å². The molecule has 0 spiro atoms. The molecule has 0 saturated carbocycles. The number of hydrogen-bond acceptors (Lipinski definition) is 4. The van der Waals surface area contributed by atoms with Crippen LogP contribution in [0.3, 0.4) is 0 Å². The molecule has 2 aliphatic carbocycles. The van der Waals surface area contributed by atoms with E-state index < -0.39 is 6.10 Å². The van der Waals surface area contributed by atoms with Crippen LogP contribution in [0, 0.1) is 24.2 Å². The van der Waals surface area contributed by atoms with Crippen LogP contribution in [0.2, 0.25) is 0 Å². The monoisotopic (exact) mass is 317 g/mol. The normalized spacial score (nSPS) is 37.6. The lowest BCUT2D eigenvalue weighted by Crippen LogP contribution is -2.36. The van der Waals surface area contributed by atoms with Crippen molar-refractivity contribution >= 4 is 11.8 Å². The lowest BCUT2D eigenvalue weighted by molar-refractivity contribution is -0.160. The maximum atomic E-state index is 12.3. The van der Waals surface area contributed by atoms with E-state index in [9.17, 15) is 14.7 Å². The molecule has 0 bridgehead atoms. The van der Waals surface area contributed by atoms with E-state index in [-0.39, 0.29) is 36.1 Å². The number of ether oxygens (including phenoxy) is 1. The summed E-state index contributed by atoms with van der Waals surface area (Å²) in [4.78, 5) is 23.7. The molecule has 5 unspecified atom stereocenters. The molecule has 1 fully saturated rings. The molecule has 1 saturated heterocycles. The average molecular weight is 317 g/mol. The Kier molecular flexibility index (Phi) is 4.72. The summed E-state index contributed by atoms with van der Waals surface area (Å²) in [7, 11) is 0. The molecule has 3 rings (SSSR count). The van der Waals surface area contributed by atoms with Crippen molar-refractivity contribution in [1.82, 2.24) is 0 Å². The van der Waals surface area contributed by atoms with Crippen LogP contribution in [0.15, 0.2) is 23.3 Å². The summed E-state index contributed by atoms with van der Waals surface area (Å²) in [5.74, 6) is 0.447. The van der Waals surface area contributed by atoms with Gasteiger partial charge in [0.2, 0.25) is 0 Å². The topological polar surface area (TPSA) is 63.6 Å². The van der Waals surface area contributed by atoms with Gasteiger partial charge in [0, 0.05) is 12.3 Å². The summed E-state index contributed by atoms with van der Waals surface area (Å²) >= 11 is 0. The number of aliphatic hydroxyl groups is 1. The molecule has 1 heterocycles. The van der Waals surface area contributed by atoms with Crippen molar-refractivity contribution in [2.75, 3.05) is 0 Å². The zero-order valence-corrected chi connectivity index (χ0v) is 13.8. The third-order valence-electron chi connectivity index (χ3n) is 5.41. The molecule has 1 N–H and O–H groups in total. The molecular formula is C19H25O4. The SMILES string of the molecule is CC1=CC2=CC(=O)C(C)C(CCC3CC(O)CC(=O)O3)C2[CH]C1. The number of carbonyl (C=O) groups excluding carboxylic acids is 2. The number of esters is 1. The van der Waals surface area contributed by atoms with E-state index in [1.165, 1.54) is 5.57 Å². The van der Waals surface area contributed by atoms with Crippen molar-refractivity contribution in [3.05, 3.63) is 29.7 Å². The highest BCUT2D eigenvalue weighted by Gasteiger charge is 2.38. The van der Waals surface area contributed by atoms with Crippen LogP contribution < -0.4 is 0 Å². The molecule has 0 aromatic carbocycles. The van der Waals surface area contributed by atoms with Gasteiger partial charge in [0.25, 0.3) is 0 Å². The van der Waals surface area contributed by atoms with Crippen molar-refractivity contribution in [2.24, 2.45) is 17.8 Å². The zero-order valence-electron chi connectivity index (χ0n) is 13.8. The standard InChI is InChI=1S/C19H25O4/c1-11-3-5-17-13(7-11)8-18(21)12(2)16(17)6-4-15-9-14(20)10-19(22)23-15/h5,7-8,12,14-17,20H,3-4,6,9-10H2,1-2H3. The van der Waals surface area contributed by atoms with Crippen LogP contribution in [-0.4, -0.2) is 29.1 Å². The second kappa shape index (κ2) is 6.60. The Morgan fingerprint density at radius 3 is 2.78 bits per heavy atom. The van der Waals surface area contributed by atoms with Crippen LogP contribution in [0.5, 0.6) is 0 Å². The fourth-order valence-electron chi connectivity index (χ4n) is 4.11. The molecule has 5 atom stereocenters. The number of cyclic esters (lactones) is 1. The van der Waals surface area contributed by atoms with Gasteiger partial charge in [-0.05, 0) is 56.1 Å². The van der Waals surface area contributed by atoms with Gasteiger partial charge in [-0.25, -0.2) is 0 Å². The highest BCUT2D eigenvalue weighted by atomic mass is 16.5. The van der Waals surface area contributed by atoms with Crippen molar-refractivity contribution in [1.29, 1.82) is 0 Å². The zero-order chi connectivity index (χ0) is 16.6. The Labute approximate surface area is 137 Å². The molecule has 4 nitrogen and oxygen atoms in total. The maximum absolute atomic E-state index is 12.3. The van der Waals surface area contributed by atoms with Crippen LogP contribution in [0.25, 0.3) is 0 Å². The van der Waals surface area contributed by atoms with E-state index >= 15 is 0 Å². The molecule has 125 valence electrons. The molecular weight excluding hydrogens is 292 g/mol. The van der Waals surface area contributed by atoms with Crippen LogP contribution in [0.1, 0.15) is 46.0 Å². The minimum Gasteiger partial charge on any atom is -0.462 e.